The summed E-state index contributed by atoms with van der Waals surface area (Å²) >= 11 is 4.26. The molecule has 1 heterocycles. The topological polar surface area (TPSA) is 0 Å². The predicted molar refractivity (Wildman–Crippen MR) is 68.2 cm³/mol. The van der Waals surface area contributed by atoms with Gasteiger partial charge in [-0.1, -0.05) is 37.3 Å². The Balaban J connectivity index is 2.03. The summed E-state index contributed by atoms with van der Waals surface area (Å²) in [5.74, 6) is 3.37. The van der Waals surface area contributed by atoms with E-state index in [0.717, 1.165) is 4.58 Å². The molecule has 0 aliphatic carbocycles. The van der Waals surface area contributed by atoms with Gasteiger partial charge in [0, 0.05) is 5.92 Å². The van der Waals surface area contributed by atoms with Crippen LogP contribution >= 0.6 is 23.5 Å². The zero-order valence-electron chi connectivity index (χ0n) is 8.48. The summed E-state index contributed by atoms with van der Waals surface area (Å²) in [5, 5.41) is 0. The molecule has 14 heavy (non-hydrogen) atoms. The van der Waals surface area contributed by atoms with Gasteiger partial charge < -0.3 is 0 Å². The molecular weight excluding hydrogens is 208 g/mol. The van der Waals surface area contributed by atoms with E-state index in [9.17, 15) is 0 Å². The molecular formula is C12H16S2. The van der Waals surface area contributed by atoms with E-state index in [1.165, 1.54) is 23.5 Å². The molecule has 0 radical (unpaired) electrons. The van der Waals surface area contributed by atoms with Crippen LogP contribution in [0.1, 0.15) is 24.8 Å². The second-order valence-electron chi connectivity index (χ2n) is 3.66. The maximum atomic E-state index is 2.35. The predicted octanol–water partition coefficient (Wildman–Crippen LogP) is 3.99. The van der Waals surface area contributed by atoms with Crippen molar-refractivity contribution < 1.29 is 0 Å². The molecule has 1 aliphatic heterocycles. The van der Waals surface area contributed by atoms with Crippen LogP contribution in [0, 0.1) is 0 Å². The summed E-state index contributed by atoms with van der Waals surface area (Å²) in [7, 11) is 0. The minimum atomic E-state index is 0.687. The molecule has 76 valence electrons. The second kappa shape index (κ2) is 5.13. The first-order valence-electron chi connectivity index (χ1n) is 5.16. The highest BCUT2D eigenvalue weighted by Gasteiger charge is 2.21. The van der Waals surface area contributed by atoms with Crippen LogP contribution in [-0.2, 0) is 0 Å². The first kappa shape index (κ1) is 10.4. The van der Waals surface area contributed by atoms with Gasteiger partial charge in [0.2, 0.25) is 0 Å². The lowest BCUT2D eigenvalue weighted by atomic mass is 10.0. The molecule has 2 heteroatoms. The van der Waals surface area contributed by atoms with E-state index in [2.05, 4.69) is 60.8 Å². The Morgan fingerprint density at radius 1 is 1.14 bits per heavy atom. The van der Waals surface area contributed by atoms with Crippen molar-refractivity contribution in [3.63, 3.8) is 0 Å². The molecule has 1 aliphatic rings. The van der Waals surface area contributed by atoms with Crippen molar-refractivity contribution in [2.75, 3.05) is 11.5 Å². The van der Waals surface area contributed by atoms with Gasteiger partial charge in [0.15, 0.2) is 0 Å². The lowest BCUT2D eigenvalue weighted by Crippen LogP contribution is -2.14. The van der Waals surface area contributed by atoms with Crippen LogP contribution in [0.25, 0.3) is 0 Å². The Labute approximate surface area is 94.9 Å². The highest BCUT2D eigenvalue weighted by atomic mass is 32.2. The summed E-state index contributed by atoms with van der Waals surface area (Å²) < 4.78 is 0.770. The summed E-state index contributed by atoms with van der Waals surface area (Å²) in [4.78, 5) is 0. The van der Waals surface area contributed by atoms with Crippen LogP contribution < -0.4 is 0 Å². The molecule has 0 N–H and O–H groups in total. The molecule has 1 aromatic carbocycles. The van der Waals surface area contributed by atoms with Crippen molar-refractivity contribution in [1.82, 2.24) is 0 Å². The van der Waals surface area contributed by atoms with Gasteiger partial charge in [-0.05, 0) is 23.5 Å². The number of benzene rings is 1. The Hall–Kier alpha value is -0.0800. The van der Waals surface area contributed by atoms with E-state index in [0.29, 0.717) is 5.92 Å². The molecule has 0 bridgehead atoms. The fourth-order valence-electron chi connectivity index (χ4n) is 1.71. The van der Waals surface area contributed by atoms with Crippen LogP contribution in [0.4, 0.5) is 0 Å². The fraction of sp³-hybridized carbons (Fsp3) is 0.500. The minimum Gasteiger partial charge on any atom is -0.147 e. The number of hydrogen-bond acceptors (Lipinski definition) is 2. The lowest BCUT2D eigenvalue weighted by Gasteiger charge is -2.26. The van der Waals surface area contributed by atoms with Gasteiger partial charge in [0.25, 0.3) is 0 Å². The first-order valence-corrected chi connectivity index (χ1v) is 7.26. The number of hydrogen-bond donors (Lipinski definition) is 0. The maximum absolute atomic E-state index is 2.35. The van der Waals surface area contributed by atoms with E-state index in [1.54, 1.807) is 0 Å². The normalized spacial score (nSPS) is 20.6. The number of rotatable bonds is 2. The lowest BCUT2D eigenvalue weighted by molar-refractivity contribution is 0.839. The molecule has 0 amide bonds. The van der Waals surface area contributed by atoms with Gasteiger partial charge in [-0.3, -0.25) is 0 Å². The Morgan fingerprint density at radius 2 is 1.79 bits per heavy atom. The van der Waals surface area contributed by atoms with Crippen molar-refractivity contribution in [2.45, 2.75) is 23.8 Å². The minimum absolute atomic E-state index is 0.687. The first-order chi connectivity index (χ1) is 6.88. The quantitative estimate of drug-likeness (QED) is 0.745. The molecule has 0 aromatic heterocycles. The Morgan fingerprint density at radius 3 is 2.43 bits per heavy atom. The molecule has 0 nitrogen and oxygen atoms in total. The highest BCUT2D eigenvalue weighted by molar-refractivity contribution is 8.17. The average Bonchev–Trinajstić information content (AvgIpc) is 2.30. The van der Waals surface area contributed by atoms with Gasteiger partial charge in [-0.15, -0.1) is 23.5 Å². The van der Waals surface area contributed by atoms with E-state index < -0.39 is 0 Å². The van der Waals surface area contributed by atoms with Crippen LogP contribution in [0.5, 0.6) is 0 Å². The molecule has 1 atom stereocenters. The van der Waals surface area contributed by atoms with Gasteiger partial charge in [0.05, 0.1) is 4.58 Å². The molecule has 2 rings (SSSR count). The van der Waals surface area contributed by atoms with Crippen LogP contribution in [0.15, 0.2) is 30.3 Å². The maximum Gasteiger partial charge on any atom is 0.0568 e. The Kier molecular flexibility index (Phi) is 3.82. The zero-order valence-corrected chi connectivity index (χ0v) is 10.1. The monoisotopic (exact) mass is 224 g/mol. The van der Waals surface area contributed by atoms with E-state index in [1.807, 2.05) is 0 Å². The third kappa shape index (κ3) is 2.48. The van der Waals surface area contributed by atoms with Crippen molar-refractivity contribution in [1.29, 1.82) is 0 Å². The van der Waals surface area contributed by atoms with Crippen LogP contribution in [0.3, 0.4) is 0 Å². The summed E-state index contributed by atoms with van der Waals surface area (Å²) in [6, 6.07) is 10.9. The van der Waals surface area contributed by atoms with Crippen molar-refractivity contribution in [2.24, 2.45) is 0 Å². The standard InChI is InChI=1S/C12H16S2/c1-10(11-6-3-2-4-7-11)12-13-8-5-9-14-12/h2-4,6-7,10,12H,5,8-9H2,1H3. The van der Waals surface area contributed by atoms with Gasteiger partial charge in [-0.25, -0.2) is 0 Å². The van der Waals surface area contributed by atoms with E-state index >= 15 is 0 Å². The molecule has 0 spiro atoms. The van der Waals surface area contributed by atoms with Crippen molar-refractivity contribution in [3.8, 4) is 0 Å². The Bertz CT molecular complexity index is 265. The third-order valence-corrected chi connectivity index (χ3v) is 5.93. The molecule has 0 saturated carbocycles. The zero-order chi connectivity index (χ0) is 9.80. The summed E-state index contributed by atoms with van der Waals surface area (Å²) in [6.07, 6.45) is 1.38. The smallest absolute Gasteiger partial charge is 0.0568 e. The molecule has 1 aromatic rings. The molecule has 1 saturated heterocycles. The van der Waals surface area contributed by atoms with Crippen LogP contribution in [-0.4, -0.2) is 16.1 Å². The summed E-state index contributed by atoms with van der Waals surface area (Å²) in [5.41, 5.74) is 1.49. The number of thioether (sulfide) groups is 2. The summed E-state index contributed by atoms with van der Waals surface area (Å²) in [6.45, 7) is 2.35. The van der Waals surface area contributed by atoms with E-state index in [-0.39, 0.29) is 0 Å². The average molecular weight is 224 g/mol. The van der Waals surface area contributed by atoms with Crippen molar-refractivity contribution >= 4 is 23.5 Å². The highest BCUT2D eigenvalue weighted by Crippen LogP contribution is 2.40. The largest absolute Gasteiger partial charge is 0.147 e. The second-order valence-corrected chi connectivity index (χ2v) is 6.46. The SMILES string of the molecule is CC(c1ccccc1)C1SCCCS1. The molecule has 1 fully saturated rings. The van der Waals surface area contributed by atoms with Crippen molar-refractivity contribution in [3.05, 3.63) is 35.9 Å². The van der Waals surface area contributed by atoms with Crippen LogP contribution in [0.2, 0.25) is 0 Å². The van der Waals surface area contributed by atoms with Gasteiger partial charge in [0.1, 0.15) is 0 Å². The third-order valence-electron chi connectivity index (χ3n) is 2.59. The van der Waals surface area contributed by atoms with Gasteiger partial charge >= 0.3 is 0 Å². The fourth-order valence-corrected chi connectivity index (χ4v) is 4.83. The van der Waals surface area contributed by atoms with E-state index in [4.69, 9.17) is 0 Å². The van der Waals surface area contributed by atoms with Gasteiger partial charge in [-0.2, -0.15) is 0 Å². The molecule has 1 unspecified atom stereocenters.